The summed E-state index contributed by atoms with van der Waals surface area (Å²) in [4.78, 5) is 16.6. The average Bonchev–Trinajstić information content (AvgIpc) is 2.70. The molecule has 7 heteroatoms. The molecule has 0 fully saturated rings. The van der Waals surface area contributed by atoms with Crippen LogP contribution in [0.3, 0.4) is 0 Å². The zero-order valence-corrected chi connectivity index (χ0v) is 15.6. The molecule has 1 aromatic heterocycles. The first-order valence-corrected chi connectivity index (χ1v) is 8.49. The van der Waals surface area contributed by atoms with Crippen LogP contribution in [-0.2, 0) is 0 Å². The lowest BCUT2D eigenvalue weighted by atomic mass is 10.2. The van der Waals surface area contributed by atoms with Gasteiger partial charge in [-0.05, 0) is 36.4 Å². The molecule has 0 bridgehead atoms. The molecule has 138 valence electrons. The molecule has 27 heavy (non-hydrogen) atoms. The number of aromatic nitrogens is 1. The van der Waals surface area contributed by atoms with E-state index in [1.807, 2.05) is 0 Å². The van der Waals surface area contributed by atoms with E-state index in [1.165, 1.54) is 6.20 Å². The number of halogens is 1. The van der Waals surface area contributed by atoms with Gasteiger partial charge in [0, 0.05) is 12.3 Å². The molecule has 6 nitrogen and oxygen atoms in total. The molecular formula is C20H18ClN3O3. The Morgan fingerprint density at radius 1 is 1.00 bits per heavy atom. The third-order valence-electron chi connectivity index (χ3n) is 3.82. The second kappa shape index (κ2) is 8.42. The Hall–Kier alpha value is -3.25. The largest absolute Gasteiger partial charge is 0.497 e. The highest BCUT2D eigenvalue weighted by Crippen LogP contribution is 2.31. The maximum atomic E-state index is 12.4. The lowest BCUT2D eigenvalue weighted by Gasteiger charge is -2.12. The SMILES string of the molecule is COc1ccc(OC)c(Nc2ccc(C(=O)Nc3ccccc3Cl)cn2)c1. The van der Waals surface area contributed by atoms with E-state index >= 15 is 0 Å². The van der Waals surface area contributed by atoms with Crippen LogP contribution < -0.4 is 20.1 Å². The summed E-state index contributed by atoms with van der Waals surface area (Å²) in [5.41, 5.74) is 1.67. The molecule has 0 aliphatic rings. The van der Waals surface area contributed by atoms with Crippen molar-refractivity contribution in [1.29, 1.82) is 0 Å². The van der Waals surface area contributed by atoms with E-state index in [9.17, 15) is 4.79 Å². The maximum absolute atomic E-state index is 12.4. The van der Waals surface area contributed by atoms with E-state index in [0.29, 0.717) is 39.3 Å². The summed E-state index contributed by atoms with van der Waals surface area (Å²) in [5, 5.41) is 6.39. The van der Waals surface area contributed by atoms with Crippen molar-refractivity contribution in [2.45, 2.75) is 0 Å². The predicted octanol–water partition coefficient (Wildman–Crippen LogP) is 4.75. The topological polar surface area (TPSA) is 72.5 Å². The highest BCUT2D eigenvalue weighted by atomic mass is 35.5. The van der Waals surface area contributed by atoms with Gasteiger partial charge in [0.05, 0.1) is 36.2 Å². The summed E-state index contributed by atoms with van der Waals surface area (Å²) in [5.74, 6) is 1.61. The number of hydrogen-bond acceptors (Lipinski definition) is 5. The lowest BCUT2D eigenvalue weighted by Crippen LogP contribution is -2.12. The summed E-state index contributed by atoms with van der Waals surface area (Å²) in [6.07, 6.45) is 1.49. The second-order valence-electron chi connectivity index (χ2n) is 5.56. The average molecular weight is 384 g/mol. The number of rotatable bonds is 6. The van der Waals surface area contributed by atoms with Gasteiger partial charge in [0.1, 0.15) is 17.3 Å². The van der Waals surface area contributed by atoms with Crippen molar-refractivity contribution in [3.05, 3.63) is 71.4 Å². The van der Waals surface area contributed by atoms with Crippen LogP contribution in [0.25, 0.3) is 0 Å². The zero-order valence-electron chi connectivity index (χ0n) is 14.8. The van der Waals surface area contributed by atoms with Gasteiger partial charge in [-0.1, -0.05) is 23.7 Å². The molecule has 3 rings (SSSR count). The molecule has 0 spiro atoms. The number of carbonyl (C=O) groups excluding carboxylic acids is 1. The molecule has 0 saturated heterocycles. The van der Waals surface area contributed by atoms with E-state index in [-0.39, 0.29) is 5.91 Å². The van der Waals surface area contributed by atoms with E-state index in [1.54, 1.807) is 68.8 Å². The van der Waals surface area contributed by atoms with Crippen molar-refractivity contribution < 1.29 is 14.3 Å². The molecule has 0 saturated carbocycles. The van der Waals surface area contributed by atoms with Crippen LogP contribution in [-0.4, -0.2) is 25.1 Å². The summed E-state index contributed by atoms with van der Waals surface area (Å²) in [6, 6.07) is 15.8. The highest BCUT2D eigenvalue weighted by molar-refractivity contribution is 6.33. The number of ether oxygens (including phenoxy) is 2. The van der Waals surface area contributed by atoms with Crippen molar-refractivity contribution in [2.75, 3.05) is 24.9 Å². The van der Waals surface area contributed by atoms with E-state index < -0.39 is 0 Å². The Morgan fingerprint density at radius 2 is 1.81 bits per heavy atom. The van der Waals surface area contributed by atoms with Gasteiger partial charge in [-0.3, -0.25) is 4.79 Å². The molecular weight excluding hydrogens is 366 g/mol. The Kier molecular flexibility index (Phi) is 5.78. The zero-order chi connectivity index (χ0) is 19.2. The van der Waals surface area contributed by atoms with Crippen LogP contribution in [0.2, 0.25) is 5.02 Å². The minimum atomic E-state index is -0.291. The molecule has 0 aliphatic carbocycles. The Bertz CT molecular complexity index is 945. The normalized spacial score (nSPS) is 10.2. The molecule has 0 aliphatic heterocycles. The van der Waals surface area contributed by atoms with Crippen LogP contribution in [0.5, 0.6) is 11.5 Å². The fourth-order valence-corrected chi connectivity index (χ4v) is 2.59. The Morgan fingerprint density at radius 3 is 2.48 bits per heavy atom. The van der Waals surface area contributed by atoms with Gasteiger partial charge in [-0.15, -0.1) is 0 Å². The monoisotopic (exact) mass is 383 g/mol. The second-order valence-corrected chi connectivity index (χ2v) is 5.96. The van der Waals surface area contributed by atoms with Gasteiger partial charge in [-0.2, -0.15) is 0 Å². The molecule has 0 radical (unpaired) electrons. The fourth-order valence-electron chi connectivity index (χ4n) is 2.41. The Labute approximate surface area is 162 Å². The van der Waals surface area contributed by atoms with Gasteiger partial charge < -0.3 is 20.1 Å². The van der Waals surface area contributed by atoms with Crippen LogP contribution in [0.1, 0.15) is 10.4 Å². The number of anilines is 3. The van der Waals surface area contributed by atoms with Gasteiger partial charge in [0.25, 0.3) is 5.91 Å². The Balaban J connectivity index is 1.74. The third kappa shape index (κ3) is 4.48. The van der Waals surface area contributed by atoms with E-state index in [2.05, 4.69) is 15.6 Å². The molecule has 3 aromatic rings. The standard InChI is InChI=1S/C20H18ClN3O3/c1-26-14-8-9-18(27-2)17(11-14)23-19-10-7-13(12-22-19)20(25)24-16-6-4-3-5-15(16)21/h3-12H,1-2H3,(H,22,23)(H,24,25). The number of benzene rings is 2. The minimum Gasteiger partial charge on any atom is -0.497 e. The smallest absolute Gasteiger partial charge is 0.257 e. The number of carbonyl (C=O) groups is 1. The highest BCUT2D eigenvalue weighted by Gasteiger charge is 2.10. The number of nitrogens with zero attached hydrogens (tertiary/aromatic N) is 1. The van der Waals surface area contributed by atoms with Crippen LogP contribution in [0.15, 0.2) is 60.8 Å². The first-order chi connectivity index (χ1) is 13.1. The van der Waals surface area contributed by atoms with Crippen molar-refractivity contribution >= 4 is 34.7 Å². The molecule has 0 unspecified atom stereocenters. The van der Waals surface area contributed by atoms with Gasteiger partial charge >= 0.3 is 0 Å². The van der Waals surface area contributed by atoms with Gasteiger partial charge in [0.2, 0.25) is 0 Å². The predicted molar refractivity (Wildman–Crippen MR) is 106 cm³/mol. The molecule has 0 atom stereocenters. The fraction of sp³-hybridized carbons (Fsp3) is 0.100. The number of hydrogen-bond donors (Lipinski definition) is 2. The van der Waals surface area contributed by atoms with Crippen LogP contribution in [0, 0.1) is 0 Å². The van der Waals surface area contributed by atoms with Gasteiger partial charge in [0.15, 0.2) is 0 Å². The van der Waals surface area contributed by atoms with E-state index in [4.69, 9.17) is 21.1 Å². The lowest BCUT2D eigenvalue weighted by molar-refractivity contribution is 0.102. The van der Waals surface area contributed by atoms with Gasteiger partial charge in [-0.25, -0.2) is 4.98 Å². The van der Waals surface area contributed by atoms with Crippen LogP contribution >= 0.6 is 11.6 Å². The first-order valence-electron chi connectivity index (χ1n) is 8.11. The quantitative estimate of drug-likeness (QED) is 0.642. The number of methoxy groups -OCH3 is 2. The number of nitrogens with one attached hydrogen (secondary N) is 2. The number of para-hydroxylation sites is 1. The molecule has 1 heterocycles. The maximum Gasteiger partial charge on any atom is 0.257 e. The summed E-state index contributed by atoms with van der Waals surface area (Å²) in [7, 11) is 3.18. The third-order valence-corrected chi connectivity index (χ3v) is 4.15. The minimum absolute atomic E-state index is 0.291. The molecule has 1 amide bonds. The molecule has 2 N–H and O–H groups in total. The van der Waals surface area contributed by atoms with Crippen molar-refractivity contribution in [3.8, 4) is 11.5 Å². The summed E-state index contributed by atoms with van der Waals surface area (Å²) < 4.78 is 10.6. The van der Waals surface area contributed by atoms with Crippen LogP contribution in [0.4, 0.5) is 17.2 Å². The summed E-state index contributed by atoms with van der Waals surface area (Å²) >= 11 is 6.06. The number of pyridine rings is 1. The summed E-state index contributed by atoms with van der Waals surface area (Å²) in [6.45, 7) is 0. The molecule has 2 aromatic carbocycles. The number of amides is 1. The first kappa shape index (κ1) is 18.5. The van der Waals surface area contributed by atoms with Crippen molar-refractivity contribution in [3.63, 3.8) is 0 Å². The van der Waals surface area contributed by atoms with Crippen molar-refractivity contribution in [1.82, 2.24) is 4.98 Å². The van der Waals surface area contributed by atoms with Crippen molar-refractivity contribution in [2.24, 2.45) is 0 Å². The van der Waals surface area contributed by atoms with E-state index in [0.717, 1.165) is 0 Å².